The average molecular weight is 351 g/mol. The van der Waals surface area contributed by atoms with Crippen LogP contribution in [0.25, 0.3) is 0 Å². The van der Waals surface area contributed by atoms with Crippen LogP contribution < -0.4 is 10.1 Å². The van der Waals surface area contributed by atoms with Crippen LogP contribution in [0.2, 0.25) is 0 Å². The summed E-state index contributed by atoms with van der Waals surface area (Å²) in [6.07, 6.45) is 2.19. The summed E-state index contributed by atoms with van der Waals surface area (Å²) in [5, 5.41) is 2.54. The fourth-order valence-corrected chi connectivity index (χ4v) is 2.51. The van der Waals surface area contributed by atoms with Gasteiger partial charge in [-0.2, -0.15) is 0 Å². The molecule has 1 N–H and O–H groups in total. The van der Waals surface area contributed by atoms with Crippen LogP contribution in [0, 0.1) is 11.8 Å². The predicted octanol–water partition coefficient (Wildman–Crippen LogP) is 1.76. The van der Waals surface area contributed by atoms with Gasteiger partial charge in [-0.05, 0) is 42.3 Å². The highest BCUT2D eigenvalue weighted by atomic mass is 16.5. The minimum Gasteiger partial charge on any atom is -0.492 e. The molecule has 0 atom stereocenters. The Bertz CT molecular complexity index is 758. The van der Waals surface area contributed by atoms with E-state index in [2.05, 4.69) is 27.0 Å². The molecule has 6 heteroatoms. The maximum atomic E-state index is 10.4. The Morgan fingerprint density at radius 1 is 1.15 bits per heavy atom. The minimum absolute atomic E-state index is 0.618. The lowest BCUT2D eigenvalue weighted by Gasteiger charge is -2.26. The van der Waals surface area contributed by atoms with Gasteiger partial charge in [0.15, 0.2) is 0 Å². The van der Waals surface area contributed by atoms with Crippen molar-refractivity contribution in [3.05, 3.63) is 53.9 Å². The number of aromatic nitrogens is 1. The Morgan fingerprint density at radius 2 is 1.96 bits per heavy atom. The first-order valence-corrected chi connectivity index (χ1v) is 8.55. The van der Waals surface area contributed by atoms with Crippen molar-refractivity contribution in [1.29, 1.82) is 0 Å². The summed E-state index contributed by atoms with van der Waals surface area (Å²) in [5.74, 6) is 6.91. The quantitative estimate of drug-likeness (QED) is 0.635. The molecule has 134 valence electrons. The van der Waals surface area contributed by atoms with Gasteiger partial charge >= 0.3 is 0 Å². The second-order valence-electron chi connectivity index (χ2n) is 5.77. The second kappa shape index (κ2) is 9.56. The van der Waals surface area contributed by atoms with Gasteiger partial charge in [-0.15, -0.1) is 0 Å². The van der Waals surface area contributed by atoms with E-state index < -0.39 is 0 Å². The summed E-state index contributed by atoms with van der Waals surface area (Å²) >= 11 is 0. The number of ether oxygens (including phenoxy) is 2. The minimum atomic E-state index is 0.618. The first-order valence-electron chi connectivity index (χ1n) is 8.55. The van der Waals surface area contributed by atoms with Crippen molar-refractivity contribution in [2.45, 2.75) is 0 Å². The molecule has 3 rings (SSSR count). The number of hydrogen-bond acceptors (Lipinski definition) is 5. The van der Waals surface area contributed by atoms with Gasteiger partial charge in [0.1, 0.15) is 18.1 Å². The number of anilines is 1. The van der Waals surface area contributed by atoms with Crippen molar-refractivity contribution >= 4 is 12.1 Å². The Kier molecular flexibility index (Phi) is 6.59. The molecule has 0 bridgehead atoms. The Labute approximate surface area is 153 Å². The zero-order valence-corrected chi connectivity index (χ0v) is 14.5. The van der Waals surface area contributed by atoms with Crippen LogP contribution in [0.1, 0.15) is 11.3 Å². The van der Waals surface area contributed by atoms with E-state index >= 15 is 0 Å². The summed E-state index contributed by atoms with van der Waals surface area (Å²) < 4.78 is 11.1. The zero-order chi connectivity index (χ0) is 18.0. The molecule has 0 aliphatic carbocycles. The lowest BCUT2D eigenvalue weighted by Crippen LogP contribution is -2.38. The van der Waals surface area contributed by atoms with Crippen LogP contribution >= 0.6 is 0 Å². The third kappa shape index (κ3) is 5.59. The van der Waals surface area contributed by atoms with Crippen molar-refractivity contribution in [2.75, 3.05) is 44.8 Å². The number of carbonyl (C=O) groups is 1. The van der Waals surface area contributed by atoms with Gasteiger partial charge in [0, 0.05) is 25.2 Å². The first kappa shape index (κ1) is 17.9. The Balaban J connectivity index is 1.48. The van der Waals surface area contributed by atoms with Gasteiger partial charge < -0.3 is 14.8 Å². The number of carbonyl (C=O) groups excluding carboxylic acids is 1. The lowest BCUT2D eigenvalue weighted by molar-refractivity contribution is -0.105. The molecular weight excluding hydrogens is 330 g/mol. The maximum Gasteiger partial charge on any atom is 0.211 e. The maximum absolute atomic E-state index is 10.4. The molecule has 2 aromatic rings. The van der Waals surface area contributed by atoms with Crippen LogP contribution in [-0.4, -0.2) is 55.7 Å². The fourth-order valence-electron chi connectivity index (χ4n) is 2.51. The van der Waals surface area contributed by atoms with Gasteiger partial charge in [0.2, 0.25) is 6.41 Å². The molecule has 26 heavy (non-hydrogen) atoms. The van der Waals surface area contributed by atoms with Crippen LogP contribution in [-0.2, 0) is 9.53 Å². The van der Waals surface area contributed by atoms with E-state index in [1.807, 2.05) is 24.3 Å². The van der Waals surface area contributed by atoms with E-state index in [4.69, 9.17) is 9.47 Å². The number of amides is 1. The summed E-state index contributed by atoms with van der Waals surface area (Å²) in [7, 11) is 0. The number of morpholine rings is 1. The van der Waals surface area contributed by atoms with Gasteiger partial charge in [-0.25, -0.2) is 4.98 Å². The lowest BCUT2D eigenvalue weighted by atomic mass is 10.2. The monoisotopic (exact) mass is 351 g/mol. The van der Waals surface area contributed by atoms with Crippen molar-refractivity contribution in [3.8, 4) is 17.6 Å². The van der Waals surface area contributed by atoms with E-state index in [-0.39, 0.29) is 0 Å². The van der Waals surface area contributed by atoms with Crippen molar-refractivity contribution < 1.29 is 14.3 Å². The first-order chi connectivity index (χ1) is 12.8. The fraction of sp³-hybridized carbons (Fsp3) is 0.300. The summed E-state index contributed by atoms with van der Waals surface area (Å²) in [6, 6.07) is 11.2. The topological polar surface area (TPSA) is 63.7 Å². The van der Waals surface area contributed by atoms with Gasteiger partial charge in [-0.3, -0.25) is 9.69 Å². The highest BCUT2D eigenvalue weighted by Crippen LogP contribution is 2.12. The number of rotatable bonds is 6. The number of pyridine rings is 1. The third-order valence-corrected chi connectivity index (χ3v) is 3.96. The van der Waals surface area contributed by atoms with Gasteiger partial charge in [0.25, 0.3) is 0 Å². The van der Waals surface area contributed by atoms with Crippen LogP contribution in [0.5, 0.6) is 5.75 Å². The van der Waals surface area contributed by atoms with Gasteiger partial charge in [-0.1, -0.05) is 5.92 Å². The molecule has 1 aliphatic heterocycles. The molecule has 0 spiro atoms. The molecule has 1 aromatic heterocycles. The zero-order valence-electron chi connectivity index (χ0n) is 14.5. The van der Waals surface area contributed by atoms with E-state index in [0.717, 1.165) is 44.2 Å². The van der Waals surface area contributed by atoms with E-state index in [9.17, 15) is 4.79 Å². The Morgan fingerprint density at radius 3 is 2.65 bits per heavy atom. The normalized spacial score (nSPS) is 14.2. The molecule has 0 saturated carbocycles. The van der Waals surface area contributed by atoms with Gasteiger partial charge in [0.05, 0.1) is 25.1 Å². The molecule has 1 fully saturated rings. The molecule has 1 aromatic carbocycles. The predicted molar refractivity (Wildman–Crippen MR) is 99.1 cm³/mol. The number of benzene rings is 1. The molecule has 1 aliphatic rings. The van der Waals surface area contributed by atoms with Crippen LogP contribution in [0.3, 0.4) is 0 Å². The van der Waals surface area contributed by atoms with Crippen LogP contribution in [0.15, 0.2) is 42.6 Å². The van der Waals surface area contributed by atoms with Crippen molar-refractivity contribution in [2.24, 2.45) is 0 Å². The van der Waals surface area contributed by atoms with E-state index in [0.29, 0.717) is 24.4 Å². The summed E-state index contributed by atoms with van der Waals surface area (Å²) in [4.78, 5) is 16.9. The third-order valence-electron chi connectivity index (χ3n) is 3.96. The molecule has 6 nitrogen and oxygen atoms in total. The SMILES string of the molecule is O=CNc1ccc(C#Cc2ccc(OCCN3CCOCC3)cc2)nc1. The number of hydrogen-bond donors (Lipinski definition) is 1. The second-order valence-corrected chi connectivity index (χ2v) is 5.77. The number of nitrogens with one attached hydrogen (secondary N) is 1. The van der Waals surface area contributed by atoms with E-state index in [1.165, 1.54) is 0 Å². The summed E-state index contributed by atoms with van der Waals surface area (Å²) in [5.41, 5.74) is 2.18. The molecule has 2 heterocycles. The summed E-state index contributed by atoms with van der Waals surface area (Å²) in [6.45, 7) is 5.12. The van der Waals surface area contributed by atoms with Crippen molar-refractivity contribution in [3.63, 3.8) is 0 Å². The molecule has 1 saturated heterocycles. The number of nitrogens with zero attached hydrogens (tertiary/aromatic N) is 2. The van der Waals surface area contributed by atoms with E-state index in [1.54, 1.807) is 18.3 Å². The standard InChI is InChI=1S/C20H21N3O3/c24-16-22-19-6-5-18(21-15-19)4-1-17-2-7-20(8-3-17)26-14-11-23-9-12-25-13-10-23/h2-3,5-8,15-16H,9-14H2,(H,22,24). The van der Waals surface area contributed by atoms with Crippen molar-refractivity contribution in [1.82, 2.24) is 9.88 Å². The smallest absolute Gasteiger partial charge is 0.211 e. The average Bonchev–Trinajstić information content (AvgIpc) is 2.70. The highest BCUT2D eigenvalue weighted by Gasteiger charge is 2.09. The molecule has 0 unspecified atom stereocenters. The Hall–Kier alpha value is -2.88. The molecule has 1 amide bonds. The molecule has 0 radical (unpaired) electrons. The highest BCUT2D eigenvalue weighted by molar-refractivity contribution is 5.70. The molecular formula is C20H21N3O3. The largest absolute Gasteiger partial charge is 0.492 e. The van der Waals surface area contributed by atoms with Crippen LogP contribution in [0.4, 0.5) is 5.69 Å².